The van der Waals surface area contributed by atoms with Crippen molar-refractivity contribution in [3.8, 4) is 11.5 Å². The molecule has 1 amide bonds. The lowest BCUT2D eigenvalue weighted by Gasteiger charge is -2.38. The average Bonchev–Trinajstić information content (AvgIpc) is 3.31. The van der Waals surface area contributed by atoms with Gasteiger partial charge in [0.1, 0.15) is 11.8 Å². The van der Waals surface area contributed by atoms with E-state index in [0.29, 0.717) is 22.9 Å². The summed E-state index contributed by atoms with van der Waals surface area (Å²) >= 11 is 0. The number of carbonyl (C=O) groups excluding carboxylic acids is 1. The molecular weight excluding hydrogens is 454 g/mol. The zero-order chi connectivity index (χ0) is 25.5. The lowest BCUT2D eigenvalue weighted by molar-refractivity contribution is 0.1000. The molecule has 6 nitrogen and oxygen atoms in total. The van der Waals surface area contributed by atoms with Crippen molar-refractivity contribution in [1.29, 1.82) is 0 Å². The van der Waals surface area contributed by atoms with Crippen LogP contribution in [0.3, 0.4) is 0 Å². The van der Waals surface area contributed by atoms with Crippen LogP contribution < -0.4 is 5.73 Å². The zero-order valence-electron chi connectivity index (χ0n) is 21.7. The number of carbonyl (C=O) groups is 1. The minimum absolute atomic E-state index is 0.0858. The number of hydrogen-bond acceptors (Lipinski definition) is 5. The van der Waals surface area contributed by atoms with Gasteiger partial charge >= 0.3 is 0 Å². The Morgan fingerprint density at radius 1 is 1.00 bits per heavy atom. The molecule has 3 rings (SSSR count). The van der Waals surface area contributed by atoms with Crippen molar-refractivity contribution >= 4 is 14.2 Å². The number of unbranched alkanes of at least 4 members (excludes halogenated alkanes) is 3. The molecule has 0 spiro atoms. The van der Waals surface area contributed by atoms with Gasteiger partial charge in [-0.2, -0.15) is 0 Å². The van der Waals surface area contributed by atoms with Crippen LogP contribution in [-0.2, 0) is 10.8 Å². The number of pyridine rings is 1. The number of hydrogen-bond donors (Lipinski definition) is 1. The van der Waals surface area contributed by atoms with Crippen LogP contribution in [-0.4, -0.2) is 24.2 Å². The highest BCUT2D eigenvalue weighted by Crippen LogP contribution is 2.41. The van der Waals surface area contributed by atoms with Crippen molar-refractivity contribution in [1.82, 2.24) is 9.97 Å². The van der Waals surface area contributed by atoms with Crippen molar-refractivity contribution in [2.45, 2.75) is 83.5 Å². The van der Waals surface area contributed by atoms with Gasteiger partial charge in [-0.3, -0.25) is 9.78 Å². The third-order valence-electron chi connectivity index (χ3n) is 6.87. The molecule has 0 aliphatic rings. The second-order valence-electron chi connectivity index (χ2n) is 10.7. The number of primary amides is 1. The van der Waals surface area contributed by atoms with E-state index in [4.69, 9.17) is 14.6 Å². The second kappa shape index (κ2) is 11.8. The normalized spacial score (nSPS) is 13.1. The summed E-state index contributed by atoms with van der Waals surface area (Å²) in [6.45, 7) is 11.2. The highest BCUT2D eigenvalue weighted by atomic mass is 28.4. The molecular formula is C28H39N3O3Si. The summed E-state index contributed by atoms with van der Waals surface area (Å²) in [7, 11) is -2.03. The van der Waals surface area contributed by atoms with Crippen LogP contribution in [0, 0.1) is 0 Å². The number of aryl methyl sites for hydroxylation is 1. The third kappa shape index (κ3) is 7.60. The summed E-state index contributed by atoms with van der Waals surface area (Å²) in [4.78, 5) is 20.2. The lowest BCUT2D eigenvalue weighted by Crippen LogP contribution is -2.41. The molecule has 1 aromatic carbocycles. The van der Waals surface area contributed by atoms with Gasteiger partial charge in [0.2, 0.25) is 11.8 Å². The molecule has 3 aromatic rings. The SMILES string of the molecule is CC(C)(C)[Si](C)(C)OC(CCCCCCc1ccccc1)c1ncc(-c2ccc(C(N)=O)cn2)o1. The van der Waals surface area contributed by atoms with Crippen LogP contribution in [0.15, 0.2) is 59.3 Å². The summed E-state index contributed by atoms with van der Waals surface area (Å²) in [6.07, 6.45) is 9.51. The summed E-state index contributed by atoms with van der Waals surface area (Å²) in [5.41, 5.74) is 7.69. The van der Waals surface area contributed by atoms with Crippen molar-refractivity contribution in [3.63, 3.8) is 0 Å². The topological polar surface area (TPSA) is 91.2 Å². The van der Waals surface area contributed by atoms with E-state index in [0.717, 1.165) is 25.7 Å². The molecule has 0 saturated carbocycles. The number of nitrogens with two attached hydrogens (primary N) is 1. The summed E-state index contributed by atoms with van der Waals surface area (Å²) in [5, 5.41) is 0.0858. The molecule has 188 valence electrons. The van der Waals surface area contributed by atoms with Gasteiger partial charge in [0.05, 0.1) is 11.8 Å². The summed E-state index contributed by atoms with van der Waals surface area (Å²) in [6, 6.07) is 14.0. The Bertz CT molecular complexity index is 1070. The maximum atomic E-state index is 11.3. The van der Waals surface area contributed by atoms with E-state index in [1.54, 1.807) is 18.3 Å². The summed E-state index contributed by atoms with van der Waals surface area (Å²) < 4.78 is 12.9. The lowest BCUT2D eigenvalue weighted by atomic mass is 10.0. The number of aromatic nitrogens is 2. The van der Waals surface area contributed by atoms with Crippen LogP contribution in [0.4, 0.5) is 0 Å². The molecule has 1 atom stereocenters. The van der Waals surface area contributed by atoms with E-state index >= 15 is 0 Å². The van der Waals surface area contributed by atoms with E-state index in [1.165, 1.54) is 24.6 Å². The van der Waals surface area contributed by atoms with Crippen LogP contribution >= 0.6 is 0 Å². The second-order valence-corrected chi connectivity index (χ2v) is 15.4. The molecule has 2 heterocycles. The number of rotatable bonds is 12. The van der Waals surface area contributed by atoms with Gasteiger partial charge in [0.25, 0.3) is 0 Å². The first-order chi connectivity index (χ1) is 16.6. The molecule has 0 aliphatic carbocycles. The van der Waals surface area contributed by atoms with Crippen molar-refractivity contribution in [2.24, 2.45) is 5.73 Å². The first kappa shape index (κ1) is 26.8. The van der Waals surface area contributed by atoms with Gasteiger partial charge in [-0.15, -0.1) is 0 Å². The van der Waals surface area contributed by atoms with Gasteiger partial charge in [-0.05, 0) is 55.1 Å². The van der Waals surface area contributed by atoms with Gasteiger partial charge in [-0.1, -0.05) is 70.4 Å². The maximum Gasteiger partial charge on any atom is 0.250 e. The number of nitrogens with zero attached hydrogens (tertiary/aromatic N) is 2. The minimum Gasteiger partial charge on any atom is -0.436 e. The Morgan fingerprint density at radius 3 is 2.34 bits per heavy atom. The molecule has 0 saturated heterocycles. The summed E-state index contributed by atoms with van der Waals surface area (Å²) in [5.74, 6) is 0.645. The van der Waals surface area contributed by atoms with Crippen LogP contribution in [0.2, 0.25) is 18.1 Å². The molecule has 0 aliphatic heterocycles. The fraction of sp³-hybridized carbons (Fsp3) is 0.464. The van der Waals surface area contributed by atoms with E-state index in [2.05, 4.69) is 74.2 Å². The monoisotopic (exact) mass is 493 g/mol. The van der Waals surface area contributed by atoms with Gasteiger partial charge in [-0.25, -0.2) is 4.98 Å². The Balaban J connectivity index is 1.65. The number of oxazole rings is 1. The van der Waals surface area contributed by atoms with Crippen LogP contribution in [0.25, 0.3) is 11.5 Å². The Kier molecular flexibility index (Phi) is 9.02. The van der Waals surface area contributed by atoms with E-state index in [1.807, 2.05) is 0 Å². The van der Waals surface area contributed by atoms with Gasteiger partial charge in [0, 0.05) is 6.20 Å². The smallest absolute Gasteiger partial charge is 0.250 e. The first-order valence-electron chi connectivity index (χ1n) is 12.5. The maximum absolute atomic E-state index is 11.3. The van der Waals surface area contributed by atoms with Gasteiger partial charge in [0.15, 0.2) is 14.1 Å². The molecule has 0 bridgehead atoms. The molecule has 1 unspecified atom stereocenters. The van der Waals surface area contributed by atoms with Crippen molar-refractivity contribution in [3.05, 3.63) is 71.9 Å². The van der Waals surface area contributed by atoms with E-state index < -0.39 is 14.2 Å². The predicted molar refractivity (Wildman–Crippen MR) is 143 cm³/mol. The van der Waals surface area contributed by atoms with Crippen molar-refractivity contribution < 1.29 is 13.6 Å². The molecule has 7 heteroatoms. The number of amides is 1. The highest BCUT2D eigenvalue weighted by Gasteiger charge is 2.40. The molecule has 35 heavy (non-hydrogen) atoms. The standard InChI is InChI=1S/C28H39N3O3Si/c1-28(2,3)35(4,5)34-24(16-12-7-6-9-13-21-14-10-8-11-15-21)27-31-20-25(33-27)23-18-17-22(19-30-23)26(29)32/h8,10-11,14-15,17-20,24H,6-7,9,12-13,16H2,1-5H3,(H2,29,32). The molecule has 0 fully saturated rings. The van der Waals surface area contributed by atoms with Crippen molar-refractivity contribution in [2.75, 3.05) is 0 Å². The average molecular weight is 494 g/mol. The molecule has 0 radical (unpaired) electrons. The van der Waals surface area contributed by atoms with E-state index in [9.17, 15) is 4.79 Å². The minimum atomic E-state index is -2.03. The predicted octanol–water partition coefficient (Wildman–Crippen LogP) is 7.09. The van der Waals surface area contributed by atoms with Gasteiger partial charge < -0.3 is 14.6 Å². The molecule has 2 N–H and O–H groups in total. The Morgan fingerprint density at radius 2 is 1.71 bits per heavy atom. The Labute approximate surface area is 210 Å². The Hall–Kier alpha value is -2.77. The fourth-order valence-corrected chi connectivity index (χ4v) is 4.95. The largest absolute Gasteiger partial charge is 0.436 e. The number of benzene rings is 1. The quantitative estimate of drug-likeness (QED) is 0.215. The van der Waals surface area contributed by atoms with E-state index in [-0.39, 0.29) is 11.1 Å². The third-order valence-corrected chi connectivity index (χ3v) is 11.4. The zero-order valence-corrected chi connectivity index (χ0v) is 22.7. The molecule has 2 aromatic heterocycles. The van der Waals surface area contributed by atoms with Crippen LogP contribution in [0.5, 0.6) is 0 Å². The van der Waals surface area contributed by atoms with Crippen LogP contribution in [0.1, 0.15) is 80.8 Å². The highest BCUT2D eigenvalue weighted by molar-refractivity contribution is 6.74. The fourth-order valence-electron chi connectivity index (χ4n) is 3.66. The first-order valence-corrected chi connectivity index (χ1v) is 15.4.